The number of allylic oxidation sites excluding steroid dienone is 2. The third-order valence-electron chi connectivity index (χ3n) is 5.71. The van der Waals surface area contributed by atoms with E-state index in [1.807, 2.05) is 13.8 Å². The van der Waals surface area contributed by atoms with Gasteiger partial charge in [0.15, 0.2) is 5.78 Å². The van der Waals surface area contributed by atoms with Crippen LogP contribution in [0, 0.1) is 20.8 Å². The van der Waals surface area contributed by atoms with Crippen molar-refractivity contribution in [3.8, 4) is 0 Å². The van der Waals surface area contributed by atoms with Crippen molar-refractivity contribution in [1.29, 1.82) is 0 Å². The average molecular weight is 400 g/mol. The van der Waals surface area contributed by atoms with E-state index in [-0.39, 0.29) is 17.5 Å². The molecule has 1 unspecified atom stereocenters. The number of nitrogens with zero attached hydrogens (tertiary/aromatic N) is 1. The first-order valence-corrected chi connectivity index (χ1v) is 10.5. The molecule has 1 aromatic carbocycles. The molecule has 0 aliphatic heterocycles. The van der Waals surface area contributed by atoms with Gasteiger partial charge in [-0.1, -0.05) is 18.1 Å². The number of Topliss-reactive ketones (excluding diaryl/α,β-unsaturated/α-hetero) is 1. The predicted octanol–water partition coefficient (Wildman–Crippen LogP) is 5.19. The van der Waals surface area contributed by atoms with Crippen LogP contribution in [-0.4, -0.2) is 29.5 Å². The van der Waals surface area contributed by atoms with Gasteiger partial charge in [0.1, 0.15) is 18.7 Å². The minimum atomic E-state index is -0.0825. The van der Waals surface area contributed by atoms with E-state index in [4.69, 9.17) is 4.84 Å². The van der Waals surface area contributed by atoms with Crippen molar-refractivity contribution in [2.75, 3.05) is 6.61 Å². The number of unbranched alkanes of at least 4 members (excludes halogenated alkanes) is 1. The van der Waals surface area contributed by atoms with Crippen LogP contribution >= 0.6 is 0 Å². The van der Waals surface area contributed by atoms with Gasteiger partial charge in [-0.05, 0) is 80.7 Å². The minimum absolute atomic E-state index is 0.0538. The Morgan fingerprint density at radius 2 is 1.97 bits per heavy atom. The van der Waals surface area contributed by atoms with Crippen molar-refractivity contribution >= 4 is 17.8 Å². The Kier molecular flexibility index (Phi) is 8.18. The fraction of sp³-hybridized carbons (Fsp3) is 0.542. The molecule has 2 rings (SSSR count). The van der Waals surface area contributed by atoms with Crippen LogP contribution in [0.1, 0.15) is 79.7 Å². The minimum Gasteiger partial charge on any atom is -0.511 e. The lowest BCUT2D eigenvalue weighted by Gasteiger charge is -2.28. The lowest BCUT2D eigenvalue weighted by molar-refractivity contribution is -0.116. The van der Waals surface area contributed by atoms with Crippen LogP contribution < -0.4 is 0 Å². The van der Waals surface area contributed by atoms with Crippen LogP contribution in [0.25, 0.3) is 0 Å². The van der Waals surface area contributed by atoms with Crippen LogP contribution in [0.5, 0.6) is 0 Å². The number of aryl methyl sites for hydroxylation is 2. The molecule has 5 heteroatoms. The van der Waals surface area contributed by atoms with Crippen molar-refractivity contribution < 1.29 is 19.5 Å². The topological polar surface area (TPSA) is 76.0 Å². The Hall–Kier alpha value is -2.43. The fourth-order valence-corrected chi connectivity index (χ4v) is 4.47. The first-order chi connectivity index (χ1) is 13.8. The molecule has 5 nitrogen and oxygen atoms in total. The number of ketones is 1. The number of carbonyl (C=O) groups is 2. The van der Waals surface area contributed by atoms with Gasteiger partial charge in [0.2, 0.25) is 0 Å². The molecule has 0 bridgehead atoms. The monoisotopic (exact) mass is 399 g/mol. The molecule has 1 atom stereocenters. The number of hydrogen-bond donors (Lipinski definition) is 1. The van der Waals surface area contributed by atoms with Crippen LogP contribution in [0.4, 0.5) is 0 Å². The number of hydrogen-bond acceptors (Lipinski definition) is 5. The number of rotatable bonds is 9. The highest BCUT2D eigenvalue weighted by Crippen LogP contribution is 2.39. The quantitative estimate of drug-likeness (QED) is 0.268. The summed E-state index contributed by atoms with van der Waals surface area (Å²) in [7, 11) is 0. The van der Waals surface area contributed by atoms with Crippen molar-refractivity contribution in [3.63, 3.8) is 0 Å². The van der Waals surface area contributed by atoms with Gasteiger partial charge in [0.25, 0.3) is 0 Å². The molecule has 1 aliphatic carbocycles. The fourth-order valence-electron chi connectivity index (χ4n) is 4.47. The van der Waals surface area contributed by atoms with E-state index in [1.165, 1.54) is 16.7 Å². The Bertz CT molecular complexity index is 836. The highest BCUT2D eigenvalue weighted by atomic mass is 16.6. The Balaban J connectivity index is 2.41. The molecule has 0 spiro atoms. The van der Waals surface area contributed by atoms with Crippen LogP contribution in [0.3, 0.4) is 0 Å². The molecular weight excluding hydrogens is 366 g/mol. The summed E-state index contributed by atoms with van der Waals surface area (Å²) in [4.78, 5) is 28.8. The number of carbonyl (C=O) groups excluding carboxylic acids is 2. The zero-order valence-electron chi connectivity index (χ0n) is 18.3. The maximum absolute atomic E-state index is 12.9. The normalized spacial score (nSPS) is 17.6. The van der Waals surface area contributed by atoms with Crippen LogP contribution in [0.2, 0.25) is 0 Å². The average Bonchev–Trinajstić information content (AvgIpc) is 2.66. The summed E-state index contributed by atoms with van der Waals surface area (Å²) in [6.07, 6.45) is 4.47. The van der Waals surface area contributed by atoms with Crippen molar-refractivity contribution in [2.24, 2.45) is 5.16 Å². The van der Waals surface area contributed by atoms with E-state index >= 15 is 0 Å². The lowest BCUT2D eigenvalue weighted by Crippen LogP contribution is -2.25. The molecule has 0 fully saturated rings. The molecule has 0 radical (unpaired) electrons. The first kappa shape index (κ1) is 22.9. The first-order valence-electron chi connectivity index (χ1n) is 10.5. The number of benzene rings is 1. The molecule has 1 N–H and O–H groups in total. The number of aliphatic hydroxyl groups excluding tert-OH is 1. The number of aliphatic hydroxyl groups is 1. The van der Waals surface area contributed by atoms with E-state index in [0.717, 1.165) is 30.3 Å². The maximum Gasteiger partial charge on any atom is 0.168 e. The van der Waals surface area contributed by atoms with Gasteiger partial charge in [0, 0.05) is 19.3 Å². The van der Waals surface area contributed by atoms with Crippen molar-refractivity contribution in [3.05, 3.63) is 45.2 Å². The summed E-state index contributed by atoms with van der Waals surface area (Å²) >= 11 is 0. The second-order valence-electron chi connectivity index (χ2n) is 7.75. The van der Waals surface area contributed by atoms with Gasteiger partial charge < -0.3 is 14.7 Å². The number of oxime groups is 1. The molecule has 0 saturated heterocycles. The summed E-state index contributed by atoms with van der Waals surface area (Å²) in [6, 6.07) is 2.16. The summed E-state index contributed by atoms with van der Waals surface area (Å²) in [5, 5.41) is 14.8. The Morgan fingerprint density at radius 1 is 1.24 bits per heavy atom. The van der Waals surface area contributed by atoms with Crippen molar-refractivity contribution in [2.45, 2.75) is 79.1 Å². The smallest absolute Gasteiger partial charge is 0.168 e. The summed E-state index contributed by atoms with van der Waals surface area (Å²) in [5.41, 5.74) is 6.78. The van der Waals surface area contributed by atoms with Gasteiger partial charge in [-0.25, -0.2) is 0 Å². The zero-order valence-corrected chi connectivity index (χ0v) is 18.3. The van der Waals surface area contributed by atoms with E-state index in [0.29, 0.717) is 43.6 Å². The molecule has 0 amide bonds. The summed E-state index contributed by atoms with van der Waals surface area (Å²) in [6.45, 7) is 10.4. The second-order valence-corrected chi connectivity index (χ2v) is 7.75. The standard InChI is InChI=1S/C24H33NO4/c1-6-20(25-29-7-2)24-21(27)13-18(14-22(24)28)23-16(4)12-15(3)19(17(23)5)10-8-9-11-26/h11-12,18,27H,6-10,13-14H2,1-5H3. The molecule has 1 aliphatic rings. The van der Waals surface area contributed by atoms with E-state index < -0.39 is 0 Å². The third kappa shape index (κ3) is 5.14. The van der Waals surface area contributed by atoms with Gasteiger partial charge in [-0.15, -0.1) is 0 Å². The highest BCUT2D eigenvalue weighted by molar-refractivity contribution is 6.23. The molecular formula is C24H33NO4. The highest BCUT2D eigenvalue weighted by Gasteiger charge is 2.33. The molecule has 0 aromatic heterocycles. The number of aldehydes is 1. The van der Waals surface area contributed by atoms with Gasteiger partial charge in [-0.3, -0.25) is 4.79 Å². The maximum atomic E-state index is 12.9. The van der Waals surface area contributed by atoms with Gasteiger partial charge in [-0.2, -0.15) is 0 Å². The largest absolute Gasteiger partial charge is 0.511 e. The Morgan fingerprint density at radius 3 is 2.55 bits per heavy atom. The second kappa shape index (κ2) is 10.4. The SMILES string of the molecule is CCON=C(CC)C1=C(O)CC(c2c(C)cc(C)c(CCCC=O)c2C)CC1=O. The van der Waals surface area contributed by atoms with Crippen LogP contribution in [-0.2, 0) is 20.8 Å². The van der Waals surface area contributed by atoms with E-state index in [2.05, 4.69) is 32.0 Å². The summed E-state index contributed by atoms with van der Waals surface area (Å²) < 4.78 is 0. The molecule has 1 aromatic rings. The van der Waals surface area contributed by atoms with Gasteiger partial charge in [0.05, 0.1) is 11.3 Å². The molecule has 0 heterocycles. The molecule has 0 saturated carbocycles. The van der Waals surface area contributed by atoms with Crippen molar-refractivity contribution in [1.82, 2.24) is 0 Å². The molecule has 29 heavy (non-hydrogen) atoms. The van der Waals surface area contributed by atoms with Crippen LogP contribution in [0.15, 0.2) is 22.6 Å². The summed E-state index contributed by atoms with van der Waals surface area (Å²) in [5.74, 6) is -0.0313. The van der Waals surface area contributed by atoms with E-state index in [1.54, 1.807) is 0 Å². The third-order valence-corrected chi connectivity index (χ3v) is 5.71. The predicted molar refractivity (Wildman–Crippen MR) is 116 cm³/mol. The Labute approximate surface area is 173 Å². The lowest BCUT2D eigenvalue weighted by atomic mass is 9.76. The zero-order chi connectivity index (χ0) is 21.6. The molecule has 158 valence electrons. The van der Waals surface area contributed by atoms with Gasteiger partial charge >= 0.3 is 0 Å². The van der Waals surface area contributed by atoms with E-state index in [9.17, 15) is 14.7 Å².